The van der Waals surface area contributed by atoms with Gasteiger partial charge in [0.15, 0.2) is 11.5 Å². The fraction of sp³-hybridized carbons (Fsp3) is 0.529. The summed E-state index contributed by atoms with van der Waals surface area (Å²) in [6, 6.07) is 3.61. The largest absolute Gasteiger partial charge is 0.513 e. The molecule has 1 amide bonds. The maximum Gasteiger partial charge on any atom is 0.513 e. The number of carbonyl (C=O) groups is 2. The lowest BCUT2D eigenvalue weighted by Gasteiger charge is -2.22. The summed E-state index contributed by atoms with van der Waals surface area (Å²) in [6.07, 6.45) is -1.38. The van der Waals surface area contributed by atoms with Crippen LogP contribution in [0.2, 0.25) is 0 Å². The van der Waals surface area contributed by atoms with E-state index in [9.17, 15) is 9.59 Å². The number of hydrogen-bond donors (Lipinski definition) is 0. The summed E-state index contributed by atoms with van der Waals surface area (Å²) >= 11 is 0. The SMILES string of the molecule is CCOC(=O)Oc1cc(C(C)(C)C)cc(C)c1OC(=O)N(C)C. The Morgan fingerprint density at radius 2 is 1.74 bits per heavy atom. The standard InChI is InChI=1S/C17H25NO5/c1-8-21-16(20)22-13-10-12(17(3,4)5)9-11(2)14(13)23-15(19)18(6)7/h9-10H,8H2,1-7H3. The maximum atomic E-state index is 11.8. The van der Waals surface area contributed by atoms with E-state index >= 15 is 0 Å². The van der Waals surface area contributed by atoms with Crippen LogP contribution in [-0.2, 0) is 10.2 Å². The molecule has 0 radical (unpaired) electrons. The number of carbonyl (C=O) groups excluding carboxylic acids is 2. The summed E-state index contributed by atoms with van der Waals surface area (Å²) in [4.78, 5) is 24.8. The molecular weight excluding hydrogens is 298 g/mol. The molecule has 1 rings (SSSR count). The minimum atomic E-state index is -0.833. The molecule has 1 aromatic rings. The number of rotatable bonds is 3. The van der Waals surface area contributed by atoms with Crippen molar-refractivity contribution in [2.24, 2.45) is 0 Å². The molecule has 0 aliphatic carbocycles. The average molecular weight is 323 g/mol. The molecule has 0 fully saturated rings. The molecule has 0 N–H and O–H groups in total. The number of ether oxygens (including phenoxy) is 3. The molecule has 6 heteroatoms. The predicted octanol–water partition coefficient (Wildman–Crippen LogP) is 3.89. The van der Waals surface area contributed by atoms with Gasteiger partial charge in [-0.3, -0.25) is 0 Å². The van der Waals surface area contributed by atoms with Gasteiger partial charge in [-0.05, 0) is 36.5 Å². The third kappa shape index (κ3) is 5.16. The van der Waals surface area contributed by atoms with E-state index < -0.39 is 12.2 Å². The third-order valence-electron chi connectivity index (χ3n) is 3.12. The molecule has 6 nitrogen and oxygen atoms in total. The van der Waals surface area contributed by atoms with Gasteiger partial charge in [0.2, 0.25) is 0 Å². The van der Waals surface area contributed by atoms with Crippen LogP contribution in [0.5, 0.6) is 11.5 Å². The second-order valence-electron chi connectivity index (χ2n) is 6.42. The molecule has 0 saturated heterocycles. The van der Waals surface area contributed by atoms with Crippen LogP contribution in [0.3, 0.4) is 0 Å². The summed E-state index contributed by atoms with van der Waals surface area (Å²) in [5.74, 6) is 0.383. The van der Waals surface area contributed by atoms with Crippen LogP contribution in [-0.4, -0.2) is 37.9 Å². The predicted molar refractivity (Wildman–Crippen MR) is 87.2 cm³/mol. The Bertz CT molecular complexity index is 587. The summed E-state index contributed by atoms with van der Waals surface area (Å²) in [7, 11) is 3.15. The second kappa shape index (κ2) is 7.35. The molecule has 0 saturated carbocycles. The van der Waals surface area contributed by atoms with Gasteiger partial charge < -0.3 is 19.1 Å². The lowest BCUT2D eigenvalue weighted by atomic mass is 9.86. The zero-order chi connectivity index (χ0) is 17.8. The highest BCUT2D eigenvalue weighted by Gasteiger charge is 2.23. The van der Waals surface area contributed by atoms with E-state index in [1.807, 2.05) is 26.8 Å². The number of nitrogens with zero attached hydrogens (tertiary/aromatic N) is 1. The van der Waals surface area contributed by atoms with Crippen LogP contribution in [0, 0.1) is 6.92 Å². The maximum absolute atomic E-state index is 11.8. The number of aryl methyl sites for hydroxylation is 1. The zero-order valence-corrected chi connectivity index (χ0v) is 14.9. The zero-order valence-electron chi connectivity index (χ0n) is 14.9. The van der Waals surface area contributed by atoms with E-state index in [-0.39, 0.29) is 23.5 Å². The first kappa shape index (κ1) is 18.8. The summed E-state index contributed by atoms with van der Waals surface area (Å²) in [5.41, 5.74) is 1.51. The van der Waals surface area contributed by atoms with Gasteiger partial charge in [-0.1, -0.05) is 26.8 Å². The van der Waals surface area contributed by atoms with Gasteiger partial charge >= 0.3 is 12.2 Å². The molecule has 23 heavy (non-hydrogen) atoms. The fourth-order valence-corrected chi connectivity index (χ4v) is 1.80. The molecule has 0 spiro atoms. The van der Waals surface area contributed by atoms with E-state index in [0.29, 0.717) is 5.56 Å². The van der Waals surface area contributed by atoms with Crippen LogP contribution < -0.4 is 9.47 Å². The van der Waals surface area contributed by atoms with E-state index in [1.54, 1.807) is 34.0 Å². The Hall–Kier alpha value is -2.24. The van der Waals surface area contributed by atoms with Gasteiger partial charge in [-0.25, -0.2) is 9.59 Å². The van der Waals surface area contributed by atoms with E-state index in [1.165, 1.54) is 4.90 Å². The number of amides is 1. The fourth-order valence-electron chi connectivity index (χ4n) is 1.80. The second-order valence-corrected chi connectivity index (χ2v) is 6.42. The molecule has 0 aromatic heterocycles. The van der Waals surface area contributed by atoms with Gasteiger partial charge in [0.1, 0.15) is 0 Å². The summed E-state index contributed by atoms with van der Waals surface area (Å²) in [6.45, 7) is 9.81. The molecule has 0 atom stereocenters. The number of benzene rings is 1. The normalized spacial score (nSPS) is 10.9. The molecular formula is C17H25NO5. The van der Waals surface area contributed by atoms with Crippen molar-refractivity contribution >= 4 is 12.2 Å². The number of hydrogen-bond acceptors (Lipinski definition) is 5. The Kier molecular flexibility index (Phi) is 6.01. The minimum absolute atomic E-state index is 0.151. The smallest absolute Gasteiger partial charge is 0.434 e. The quantitative estimate of drug-likeness (QED) is 0.624. The van der Waals surface area contributed by atoms with Crippen molar-refractivity contribution in [3.8, 4) is 11.5 Å². The highest BCUT2D eigenvalue weighted by Crippen LogP contribution is 2.37. The van der Waals surface area contributed by atoms with Crippen molar-refractivity contribution in [3.05, 3.63) is 23.3 Å². The lowest BCUT2D eigenvalue weighted by molar-refractivity contribution is 0.102. The van der Waals surface area contributed by atoms with Gasteiger partial charge in [0.25, 0.3) is 0 Å². The first-order chi connectivity index (χ1) is 10.6. The van der Waals surface area contributed by atoms with Crippen molar-refractivity contribution in [2.75, 3.05) is 20.7 Å². The topological polar surface area (TPSA) is 65.1 Å². The van der Waals surface area contributed by atoms with E-state index in [2.05, 4.69) is 0 Å². The summed E-state index contributed by atoms with van der Waals surface area (Å²) < 4.78 is 15.4. The van der Waals surface area contributed by atoms with Crippen LogP contribution in [0.25, 0.3) is 0 Å². The molecule has 0 unspecified atom stereocenters. The first-order valence-corrected chi connectivity index (χ1v) is 7.45. The molecule has 128 valence electrons. The summed E-state index contributed by atoms with van der Waals surface area (Å²) in [5, 5.41) is 0. The molecule has 1 aromatic carbocycles. The Balaban J connectivity index is 3.30. The minimum Gasteiger partial charge on any atom is -0.434 e. The van der Waals surface area contributed by atoms with Crippen LogP contribution in [0.4, 0.5) is 9.59 Å². The van der Waals surface area contributed by atoms with Crippen molar-refractivity contribution < 1.29 is 23.8 Å². The third-order valence-corrected chi connectivity index (χ3v) is 3.12. The molecule has 0 aliphatic heterocycles. The monoisotopic (exact) mass is 323 g/mol. The van der Waals surface area contributed by atoms with E-state index in [4.69, 9.17) is 14.2 Å². The highest BCUT2D eigenvalue weighted by atomic mass is 16.7. The molecule has 0 bridgehead atoms. The van der Waals surface area contributed by atoms with Crippen LogP contribution in [0.1, 0.15) is 38.8 Å². The van der Waals surface area contributed by atoms with Crippen molar-refractivity contribution in [1.29, 1.82) is 0 Å². The van der Waals surface area contributed by atoms with E-state index in [0.717, 1.165) is 5.56 Å². The molecule has 0 aliphatic rings. The average Bonchev–Trinajstić information content (AvgIpc) is 2.40. The first-order valence-electron chi connectivity index (χ1n) is 7.45. The van der Waals surface area contributed by atoms with Crippen molar-refractivity contribution in [2.45, 2.75) is 40.0 Å². The van der Waals surface area contributed by atoms with Crippen LogP contribution in [0.15, 0.2) is 12.1 Å². The van der Waals surface area contributed by atoms with Gasteiger partial charge in [0, 0.05) is 14.1 Å². The van der Waals surface area contributed by atoms with Gasteiger partial charge in [-0.15, -0.1) is 0 Å². The Morgan fingerprint density at radius 3 is 2.22 bits per heavy atom. The Morgan fingerprint density at radius 1 is 1.13 bits per heavy atom. The van der Waals surface area contributed by atoms with Crippen LogP contribution >= 0.6 is 0 Å². The van der Waals surface area contributed by atoms with Gasteiger partial charge in [-0.2, -0.15) is 0 Å². The van der Waals surface area contributed by atoms with Crippen molar-refractivity contribution in [3.63, 3.8) is 0 Å². The Labute approximate surface area is 137 Å². The van der Waals surface area contributed by atoms with Crippen molar-refractivity contribution in [1.82, 2.24) is 4.90 Å². The lowest BCUT2D eigenvalue weighted by Crippen LogP contribution is -2.26. The molecule has 0 heterocycles. The highest BCUT2D eigenvalue weighted by molar-refractivity contribution is 5.73. The van der Waals surface area contributed by atoms with Gasteiger partial charge in [0.05, 0.1) is 6.61 Å².